The van der Waals surface area contributed by atoms with Gasteiger partial charge in [-0.25, -0.2) is 0 Å². The van der Waals surface area contributed by atoms with Gasteiger partial charge >= 0.3 is 7.60 Å². The van der Waals surface area contributed by atoms with Crippen molar-refractivity contribution < 1.29 is 34.0 Å². The normalized spacial score (nSPS) is 27.9. The van der Waals surface area contributed by atoms with E-state index in [1.807, 2.05) is 0 Å². The Morgan fingerprint density at radius 1 is 1.23 bits per heavy atom. The van der Waals surface area contributed by atoms with Crippen molar-refractivity contribution in [1.82, 2.24) is 25.0 Å². The van der Waals surface area contributed by atoms with Crippen molar-refractivity contribution in [2.45, 2.75) is 56.3 Å². The Morgan fingerprint density at radius 2 is 1.97 bits per heavy atom. The van der Waals surface area contributed by atoms with Crippen molar-refractivity contribution in [3.8, 4) is 0 Å². The fourth-order valence-electron chi connectivity index (χ4n) is 3.70. The van der Waals surface area contributed by atoms with Crippen LogP contribution in [0.5, 0.6) is 0 Å². The average Bonchev–Trinajstić information content (AvgIpc) is 3.37. The van der Waals surface area contributed by atoms with Crippen LogP contribution in [0.2, 0.25) is 5.28 Å². The molecule has 1 aliphatic heterocycles. The van der Waals surface area contributed by atoms with Gasteiger partial charge in [-0.2, -0.15) is 14.6 Å². The molecule has 2 fully saturated rings. The lowest BCUT2D eigenvalue weighted by Crippen LogP contribution is -2.34. The molecular formula is C15H22ClN6O7P. The van der Waals surface area contributed by atoms with Gasteiger partial charge in [0, 0.05) is 6.04 Å². The number of halogens is 1. The van der Waals surface area contributed by atoms with E-state index in [-0.39, 0.29) is 23.6 Å². The van der Waals surface area contributed by atoms with Crippen LogP contribution in [0.4, 0.5) is 5.82 Å². The zero-order valence-corrected chi connectivity index (χ0v) is 17.4. The molecule has 1 aliphatic carbocycles. The maximum atomic E-state index is 10.9. The van der Waals surface area contributed by atoms with Crippen LogP contribution < -0.4 is 5.32 Å². The van der Waals surface area contributed by atoms with Crippen LogP contribution in [-0.4, -0.2) is 82.3 Å². The van der Waals surface area contributed by atoms with Gasteiger partial charge in [-0.1, -0.05) is 18.1 Å². The number of aliphatic hydroxyl groups excluding tert-OH is 2. The third-order valence-electron chi connectivity index (χ3n) is 5.11. The van der Waals surface area contributed by atoms with Crippen LogP contribution in [0.1, 0.15) is 31.9 Å². The zero-order chi connectivity index (χ0) is 21.5. The molecule has 4 rings (SSSR count). The Labute approximate surface area is 175 Å². The molecule has 30 heavy (non-hydrogen) atoms. The van der Waals surface area contributed by atoms with Crippen LogP contribution in [-0.2, 0) is 14.0 Å². The average molecular weight is 465 g/mol. The Kier molecular flexibility index (Phi) is 6.24. The number of hydrogen-bond donors (Lipinski definition) is 5. The predicted octanol–water partition coefficient (Wildman–Crippen LogP) is 0.000200. The summed E-state index contributed by atoms with van der Waals surface area (Å²) in [5.74, 6) is 0.428. The largest absolute Gasteiger partial charge is 0.387 e. The van der Waals surface area contributed by atoms with Crippen molar-refractivity contribution in [2.75, 3.05) is 18.3 Å². The summed E-state index contributed by atoms with van der Waals surface area (Å²) in [4.78, 5) is 26.1. The standard InChI is InChI=1S/C15H22ClN6O7P/c16-15-18-12(17-7-3-1-2-4-7)9-13(19-15)22(21-20-9)14-11(24)10(23)8(29-14)5-28-6-30(25,26)27/h7-8,10-11,14,23-24H,1-6H2,(H,17,18,19)(H2,25,26,27)/t8-,10-,11-,14-/m1/s1. The van der Waals surface area contributed by atoms with Gasteiger partial charge in [-0.3, -0.25) is 4.57 Å². The summed E-state index contributed by atoms with van der Waals surface area (Å²) in [5.41, 5.74) is 0.557. The molecule has 2 aliphatic rings. The van der Waals surface area contributed by atoms with E-state index < -0.39 is 38.5 Å². The van der Waals surface area contributed by atoms with Gasteiger partial charge in [0.1, 0.15) is 24.7 Å². The molecule has 0 aromatic carbocycles. The Bertz CT molecular complexity index is 951. The van der Waals surface area contributed by atoms with Crippen molar-refractivity contribution >= 4 is 36.2 Å². The molecule has 4 atom stereocenters. The molecule has 2 aromatic heterocycles. The van der Waals surface area contributed by atoms with Crippen molar-refractivity contribution in [3.05, 3.63) is 5.28 Å². The molecule has 13 nitrogen and oxygen atoms in total. The van der Waals surface area contributed by atoms with Crippen molar-refractivity contribution in [2.24, 2.45) is 0 Å². The number of rotatable bonds is 7. The number of nitrogens with zero attached hydrogens (tertiary/aromatic N) is 5. The number of fused-ring (bicyclic) bond motifs is 1. The highest BCUT2D eigenvalue weighted by molar-refractivity contribution is 7.51. The predicted molar refractivity (Wildman–Crippen MR) is 103 cm³/mol. The lowest BCUT2D eigenvalue weighted by Gasteiger charge is -2.16. The van der Waals surface area contributed by atoms with E-state index in [2.05, 4.69) is 25.6 Å². The summed E-state index contributed by atoms with van der Waals surface area (Å²) in [5, 5.41) is 32.0. The van der Waals surface area contributed by atoms with E-state index in [0.717, 1.165) is 25.7 Å². The van der Waals surface area contributed by atoms with Crippen LogP contribution in [0.3, 0.4) is 0 Å². The number of ether oxygens (including phenoxy) is 2. The second kappa shape index (κ2) is 8.60. The minimum atomic E-state index is -4.37. The summed E-state index contributed by atoms with van der Waals surface area (Å²) in [6.07, 6.45) is -1.55. The first-order chi connectivity index (χ1) is 14.2. The summed E-state index contributed by atoms with van der Waals surface area (Å²) in [7, 11) is -4.37. The van der Waals surface area contributed by atoms with Gasteiger partial charge in [0.25, 0.3) is 0 Å². The topological polar surface area (TPSA) is 185 Å². The lowest BCUT2D eigenvalue weighted by molar-refractivity contribution is -0.0665. The molecule has 1 saturated heterocycles. The van der Waals surface area contributed by atoms with E-state index in [9.17, 15) is 14.8 Å². The summed E-state index contributed by atoms with van der Waals surface area (Å²) in [6.45, 7) is -0.337. The minimum Gasteiger partial charge on any atom is -0.387 e. The van der Waals surface area contributed by atoms with Gasteiger partial charge in [0.05, 0.1) is 6.61 Å². The molecule has 0 amide bonds. The van der Waals surface area contributed by atoms with Crippen LogP contribution in [0.15, 0.2) is 0 Å². The monoisotopic (exact) mass is 464 g/mol. The highest BCUT2D eigenvalue weighted by atomic mass is 35.5. The van der Waals surface area contributed by atoms with Gasteiger partial charge in [-0.05, 0) is 24.4 Å². The number of aliphatic hydroxyl groups is 2. The molecule has 0 bridgehead atoms. The maximum Gasteiger partial charge on any atom is 0.350 e. The third kappa shape index (κ3) is 4.58. The van der Waals surface area contributed by atoms with Gasteiger partial charge in [0.15, 0.2) is 23.2 Å². The fraction of sp³-hybridized carbons (Fsp3) is 0.733. The van der Waals surface area contributed by atoms with Gasteiger partial charge in [0.2, 0.25) is 5.28 Å². The van der Waals surface area contributed by atoms with Crippen molar-refractivity contribution in [3.63, 3.8) is 0 Å². The first-order valence-electron chi connectivity index (χ1n) is 9.42. The highest BCUT2D eigenvalue weighted by Crippen LogP contribution is 2.36. The first kappa shape index (κ1) is 21.8. The molecule has 166 valence electrons. The third-order valence-corrected chi connectivity index (χ3v) is 5.80. The molecule has 1 saturated carbocycles. The van der Waals surface area contributed by atoms with E-state index in [4.69, 9.17) is 30.9 Å². The molecule has 15 heteroatoms. The van der Waals surface area contributed by atoms with Crippen LogP contribution >= 0.6 is 19.2 Å². The molecule has 3 heterocycles. The second-order valence-corrected chi connectivity index (χ2v) is 9.31. The number of anilines is 1. The number of hydrogen-bond acceptors (Lipinski definition) is 10. The summed E-state index contributed by atoms with van der Waals surface area (Å²) >= 11 is 6.07. The van der Waals surface area contributed by atoms with Crippen LogP contribution in [0.25, 0.3) is 11.2 Å². The molecule has 0 unspecified atom stereocenters. The number of nitrogens with one attached hydrogen (secondary N) is 1. The van der Waals surface area contributed by atoms with Crippen molar-refractivity contribution in [1.29, 1.82) is 0 Å². The molecule has 5 N–H and O–H groups in total. The minimum absolute atomic E-state index is 0.0406. The molecular weight excluding hydrogens is 443 g/mol. The second-order valence-electron chi connectivity index (χ2n) is 7.38. The van der Waals surface area contributed by atoms with Crippen LogP contribution in [0, 0.1) is 0 Å². The Morgan fingerprint density at radius 3 is 2.67 bits per heavy atom. The Balaban J connectivity index is 1.55. The van der Waals surface area contributed by atoms with E-state index in [1.165, 1.54) is 4.68 Å². The quantitative estimate of drug-likeness (QED) is 0.273. The SMILES string of the molecule is O=P(O)(O)COC[C@H]1O[C@@H](n2nnc3c(NC4CCCC4)nc(Cl)nc32)[C@H](O)[C@@H]1O. The van der Waals surface area contributed by atoms with Gasteiger partial charge in [-0.15, -0.1) is 5.10 Å². The first-order valence-corrected chi connectivity index (χ1v) is 11.6. The smallest absolute Gasteiger partial charge is 0.350 e. The maximum absolute atomic E-state index is 10.9. The lowest BCUT2D eigenvalue weighted by atomic mass is 10.1. The summed E-state index contributed by atoms with van der Waals surface area (Å²) < 4.78 is 22.6. The molecule has 0 radical (unpaired) electrons. The number of aromatic nitrogens is 5. The fourth-order valence-corrected chi connectivity index (χ4v) is 4.20. The molecule has 0 spiro atoms. The van der Waals surface area contributed by atoms with E-state index >= 15 is 0 Å². The Hall–Kier alpha value is -1.44. The zero-order valence-electron chi connectivity index (χ0n) is 15.7. The van der Waals surface area contributed by atoms with E-state index in [0.29, 0.717) is 11.3 Å². The van der Waals surface area contributed by atoms with Gasteiger partial charge < -0.3 is 34.8 Å². The highest BCUT2D eigenvalue weighted by Gasteiger charge is 2.45. The van der Waals surface area contributed by atoms with E-state index in [1.54, 1.807) is 0 Å². The summed E-state index contributed by atoms with van der Waals surface area (Å²) in [6, 6.07) is 0.245. The molecule has 2 aromatic rings.